The summed E-state index contributed by atoms with van der Waals surface area (Å²) in [6.07, 6.45) is 1.54. The molecule has 4 aromatic rings. The molecule has 0 aliphatic rings. The largest absolute Gasteiger partial charge is 0.344 e. The standard InChI is InChI=1S/C16H10ClN3O/c17-10-6-7-12-13(8-10)20(11-4-2-1-3-5-11)16(21)15-14(12)18-9-19-15/h1-9H,(H,18,19). The van der Waals surface area contributed by atoms with Crippen molar-refractivity contribution in [2.24, 2.45) is 0 Å². The normalized spacial score (nSPS) is 11.3. The summed E-state index contributed by atoms with van der Waals surface area (Å²) in [6, 6.07) is 15.0. The van der Waals surface area contributed by atoms with Crippen molar-refractivity contribution >= 4 is 33.5 Å². The van der Waals surface area contributed by atoms with Crippen LogP contribution in [-0.2, 0) is 0 Å². The number of benzene rings is 2. The van der Waals surface area contributed by atoms with E-state index in [1.807, 2.05) is 42.5 Å². The van der Waals surface area contributed by atoms with Gasteiger partial charge in [0, 0.05) is 16.1 Å². The van der Waals surface area contributed by atoms with Gasteiger partial charge in [0.1, 0.15) is 0 Å². The van der Waals surface area contributed by atoms with Gasteiger partial charge in [0.25, 0.3) is 5.56 Å². The summed E-state index contributed by atoms with van der Waals surface area (Å²) in [5.74, 6) is 0. The highest BCUT2D eigenvalue weighted by atomic mass is 35.5. The summed E-state index contributed by atoms with van der Waals surface area (Å²) in [7, 11) is 0. The number of para-hydroxylation sites is 1. The van der Waals surface area contributed by atoms with Crippen LogP contribution in [0.4, 0.5) is 0 Å². The van der Waals surface area contributed by atoms with Gasteiger partial charge < -0.3 is 4.98 Å². The first-order valence-corrected chi connectivity index (χ1v) is 6.86. The lowest BCUT2D eigenvalue weighted by Crippen LogP contribution is -2.19. The van der Waals surface area contributed by atoms with Crippen LogP contribution in [-0.4, -0.2) is 14.5 Å². The van der Waals surface area contributed by atoms with Crippen molar-refractivity contribution in [2.45, 2.75) is 0 Å². The van der Waals surface area contributed by atoms with Crippen LogP contribution in [0.3, 0.4) is 0 Å². The number of halogens is 1. The Hall–Kier alpha value is -2.59. The van der Waals surface area contributed by atoms with Crippen molar-refractivity contribution in [1.82, 2.24) is 14.5 Å². The molecule has 0 saturated carbocycles. The zero-order chi connectivity index (χ0) is 14.4. The van der Waals surface area contributed by atoms with Gasteiger partial charge in [-0.3, -0.25) is 9.36 Å². The summed E-state index contributed by atoms with van der Waals surface area (Å²) in [6.45, 7) is 0. The van der Waals surface area contributed by atoms with Crippen LogP contribution < -0.4 is 5.56 Å². The zero-order valence-electron chi connectivity index (χ0n) is 10.9. The molecular weight excluding hydrogens is 286 g/mol. The first kappa shape index (κ1) is 12.2. The van der Waals surface area contributed by atoms with Gasteiger partial charge in [0.2, 0.25) is 0 Å². The van der Waals surface area contributed by atoms with Crippen LogP contribution in [0.25, 0.3) is 27.6 Å². The lowest BCUT2D eigenvalue weighted by atomic mass is 10.1. The number of H-pyrrole nitrogens is 1. The number of fused-ring (bicyclic) bond motifs is 3. The SMILES string of the molecule is O=c1c2nc[nH]c2c2ccc(Cl)cc2n1-c1ccccc1. The van der Waals surface area contributed by atoms with E-state index in [0.29, 0.717) is 10.5 Å². The summed E-state index contributed by atoms with van der Waals surface area (Å²) < 4.78 is 1.64. The van der Waals surface area contributed by atoms with E-state index in [1.165, 1.54) is 6.33 Å². The summed E-state index contributed by atoms with van der Waals surface area (Å²) in [4.78, 5) is 19.9. The minimum absolute atomic E-state index is 0.160. The Morgan fingerprint density at radius 1 is 1.10 bits per heavy atom. The summed E-state index contributed by atoms with van der Waals surface area (Å²) in [5.41, 5.74) is 2.55. The number of hydrogen-bond acceptors (Lipinski definition) is 2. The van der Waals surface area contributed by atoms with Crippen LogP contribution in [0.15, 0.2) is 59.7 Å². The number of nitrogens with zero attached hydrogens (tertiary/aromatic N) is 2. The molecule has 0 unspecified atom stereocenters. The molecule has 0 radical (unpaired) electrons. The summed E-state index contributed by atoms with van der Waals surface area (Å²) >= 11 is 6.11. The van der Waals surface area contributed by atoms with Crippen LogP contribution in [0.5, 0.6) is 0 Å². The van der Waals surface area contributed by atoms with Gasteiger partial charge in [0.15, 0.2) is 5.52 Å². The minimum Gasteiger partial charge on any atom is -0.344 e. The average Bonchev–Trinajstić information content (AvgIpc) is 2.98. The first-order chi connectivity index (χ1) is 10.3. The maximum Gasteiger partial charge on any atom is 0.283 e. The van der Waals surface area contributed by atoms with Crippen molar-refractivity contribution < 1.29 is 0 Å². The fourth-order valence-corrected chi connectivity index (χ4v) is 2.78. The molecule has 1 N–H and O–H groups in total. The molecule has 0 saturated heterocycles. The number of aromatic amines is 1. The fraction of sp³-hybridized carbons (Fsp3) is 0. The van der Waals surface area contributed by atoms with E-state index in [0.717, 1.165) is 22.1 Å². The van der Waals surface area contributed by atoms with Gasteiger partial charge in [-0.05, 0) is 30.3 Å². The topological polar surface area (TPSA) is 50.7 Å². The molecule has 102 valence electrons. The minimum atomic E-state index is -0.160. The Labute approximate surface area is 124 Å². The monoisotopic (exact) mass is 295 g/mol. The lowest BCUT2D eigenvalue weighted by molar-refractivity contribution is 1.05. The highest BCUT2D eigenvalue weighted by Gasteiger charge is 2.14. The number of nitrogens with one attached hydrogen (secondary N) is 1. The van der Waals surface area contributed by atoms with E-state index in [-0.39, 0.29) is 5.56 Å². The highest BCUT2D eigenvalue weighted by molar-refractivity contribution is 6.31. The average molecular weight is 296 g/mol. The van der Waals surface area contributed by atoms with Gasteiger partial charge in [-0.25, -0.2) is 4.98 Å². The third-order valence-corrected chi connectivity index (χ3v) is 3.76. The predicted molar refractivity (Wildman–Crippen MR) is 84.2 cm³/mol. The molecule has 2 aromatic carbocycles. The number of pyridine rings is 1. The van der Waals surface area contributed by atoms with Crippen molar-refractivity contribution in [3.8, 4) is 5.69 Å². The predicted octanol–water partition coefficient (Wildman–Crippen LogP) is 3.52. The highest BCUT2D eigenvalue weighted by Crippen LogP contribution is 2.25. The van der Waals surface area contributed by atoms with Crippen LogP contribution in [0.2, 0.25) is 5.02 Å². The molecule has 21 heavy (non-hydrogen) atoms. The quantitative estimate of drug-likeness (QED) is 0.584. The van der Waals surface area contributed by atoms with Crippen molar-refractivity contribution in [2.75, 3.05) is 0 Å². The van der Waals surface area contributed by atoms with E-state index < -0.39 is 0 Å². The van der Waals surface area contributed by atoms with E-state index in [4.69, 9.17) is 11.6 Å². The number of rotatable bonds is 1. The molecule has 0 aliphatic heterocycles. The Morgan fingerprint density at radius 2 is 1.90 bits per heavy atom. The lowest BCUT2D eigenvalue weighted by Gasteiger charge is -2.11. The Kier molecular flexibility index (Phi) is 2.59. The van der Waals surface area contributed by atoms with Gasteiger partial charge in [0.05, 0.1) is 17.4 Å². The second-order valence-corrected chi connectivity index (χ2v) is 5.20. The second kappa shape index (κ2) is 4.46. The Bertz CT molecular complexity index is 1020. The maximum atomic E-state index is 12.8. The van der Waals surface area contributed by atoms with E-state index in [2.05, 4.69) is 9.97 Å². The van der Waals surface area contributed by atoms with Crippen LogP contribution in [0.1, 0.15) is 0 Å². The Morgan fingerprint density at radius 3 is 2.71 bits per heavy atom. The zero-order valence-corrected chi connectivity index (χ0v) is 11.6. The third kappa shape index (κ3) is 1.76. The van der Waals surface area contributed by atoms with Crippen molar-refractivity contribution in [3.63, 3.8) is 0 Å². The van der Waals surface area contributed by atoms with Gasteiger partial charge in [-0.15, -0.1) is 0 Å². The molecular formula is C16H10ClN3O. The Balaban J connectivity index is 2.28. The number of aromatic nitrogens is 3. The number of hydrogen-bond donors (Lipinski definition) is 1. The fourth-order valence-electron chi connectivity index (χ4n) is 2.61. The van der Waals surface area contributed by atoms with Crippen LogP contribution >= 0.6 is 11.6 Å². The van der Waals surface area contributed by atoms with Crippen LogP contribution in [0, 0.1) is 0 Å². The molecule has 0 fully saturated rings. The maximum absolute atomic E-state index is 12.8. The second-order valence-electron chi connectivity index (χ2n) is 4.76. The summed E-state index contributed by atoms with van der Waals surface area (Å²) in [5, 5.41) is 1.50. The molecule has 0 amide bonds. The van der Waals surface area contributed by atoms with Gasteiger partial charge in [-0.2, -0.15) is 0 Å². The van der Waals surface area contributed by atoms with Gasteiger partial charge in [-0.1, -0.05) is 29.8 Å². The molecule has 0 aliphatic carbocycles. The van der Waals surface area contributed by atoms with Crippen molar-refractivity contribution in [1.29, 1.82) is 0 Å². The first-order valence-electron chi connectivity index (χ1n) is 6.48. The number of imidazole rings is 1. The smallest absolute Gasteiger partial charge is 0.283 e. The third-order valence-electron chi connectivity index (χ3n) is 3.53. The molecule has 2 heterocycles. The van der Waals surface area contributed by atoms with Crippen molar-refractivity contribution in [3.05, 3.63) is 70.2 Å². The molecule has 2 aromatic heterocycles. The molecule has 5 heteroatoms. The van der Waals surface area contributed by atoms with E-state index in [9.17, 15) is 4.79 Å². The molecule has 0 atom stereocenters. The van der Waals surface area contributed by atoms with E-state index in [1.54, 1.807) is 10.6 Å². The van der Waals surface area contributed by atoms with Gasteiger partial charge >= 0.3 is 0 Å². The molecule has 4 rings (SSSR count). The molecule has 4 nitrogen and oxygen atoms in total. The van der Waals surface area contributed by atoms with E-state index >= 15 is 0 Å². The molecule has 0 bridgehead atoms. The molecule has 0 spiro atoms.